The lowest BCUT2D eigenvalue weighted by atomic mass is 9.71. The van der Waals surface area contributed by atoms with Crippen LogP contribution in [0.1, 0.15) is 148 Å². The molecular formula is C47H89NO5Si3. The van der Waals surface area contributed by atoms with Crippen LogP contribution in [0.3, 0.4) is 0 Å². The molecule has 1 rings (SSSR count). The van der Waals surface area contributed by atoms with Crippen LogP contribution in [0.15, 0.2) is 41.6 Å². The van der Waals surface area contributed by atoms with Gasteiger partial charge in [0.25, 0.3) is 0 Å². The van der Waals surface area contributed by atoms with Crippen molar-refractivity contribution in [2.75, 3.05) is 6.61 Å². The molecule has 9 heteroatoms. The van der Waals surface area contributed by atoms with Gasteiger partial charge >= 0.3 is 0 Å². The van der Waals surface area contributed by atoms with Crippen LogP contribution in [0.4, 0.5) is 0 Å². The molecule has 0 bridgehead atoms. The van der Waals surface area contributed by atoms with Crippen LogP contribution in [-0.4, -0.2) is 65.7 Å². The van der Waals surface area contributed by atoms with Gasteiger partial charge in [-0.2, -0.15) is 0 Å². The quantitative estimate of drug-likeness (QED) is 0.0926. The van der Waals surface area contributed by atoms with Crippen LogP contribution in [0.5, 0.6) is 0 Å². The zero-order valence-electron chi connectivity index (χ0n) is 40.3. The Hall–Kier alpha value is -1.21. The molecule has 1 N–H and O–H groups in total. The molecule has 0 unspecified atom stereocenters. The first-order chi connectivity index (χ1) is 25.2. The van der Waals surface area contributed by atoms with Crippen LogP contribution >= 0.6 is 0 Å². The number of hydrogen-bond acceptors (Lipinski definition) is 6. The predicted octanol–water partition coefficient (Wildman–Crippen LogP) is 13.8. The molecule has 0 saturated heterocycles. The first-order valence-corrected chi connectivity index (χ1v) is 30.4. The summed E-state index contributed by atoms with van der Waals surface area (Å²) in [6.45, 7) is 47.3. The second-order valence-corrected chi connectivity index (χ2v) is 36.3. The Morgan fingerprint density at radius 1 is 0.821 bits per heavy atom. The maximum Gasteiger partial charge on any atom is 0.192 e. The van der Waals surface area contributed by atoms with Crippen LogP contribution in [-0.2, 0) is 18.1 Å². The Morgan fingerprint density at radius 2 is 1.36 bits per heavy atom. The minimum Gasteiger partial charge on any atom is -0.417 e. The summed E-state index contributed by atoms with van der Waals surface area (Å²) in [6.07, 6.45) is 10.1. The van der Waals surface area contributed by atoms with Crippen molar-refractivity contribution in [2.45, 2.75) is 215 Å². The van der Waals surface area contributed by atoms with Gasteiger partial charge in [-0.1, -0.05) is 108 Å². The number of aliphatic hydroxyl groups excluding tert-OH is 1. The third-order valence-corrected chi connectivity index (χ3v) is 27.3. The lowest BCUT2D eigenvalue weighted by Crippen LogP contribution is -2.53. The lowest BCUT2D eigenvalue weighted by Gasteiger charge is -2.45. The summed E-state index contributed by atoms with van der Waals surface area (Å²) in [5, 5.41) is 12.0. The van der Waals surface area contributed by atoms with E-state index in [1.54, 1.807) is 0 Å². The van der Waals surface area contributed by atoms with E-state index in [2.05, 4.69) is 140 Å². The van der Waals surface area contributed by atoms with Crippen LogP contribution in [0.25, 0.3) is 6.08 Å². The highest BCUT2D eigenvalue weighted by Gasteiger charge is 2.48. The molecule has 0 aliphatic carbocycles. The third kappa shape index (κ3) is 15.4. The average Bonchev–Trinajstić information content (AvgIpc) is 3.04. The number of allylic oxidation sites excluding steroid dienone is 1. The first kappa shape index (κ1) is 52.8. The second-order valence-electron chi connectivity index (χ2n) is 22.0. The Balaban J connectivity index is 3.14. The van der Waals surface area contributed by atoms with Crippen LogP contribution < -0.4 is 0 Å². The van der Waals surface area contributed by atoms with Crippen molar-refractivity contribution in [2.24, 2.45) is 17.3 Å². The maximum absolute atomic E-state index is 14.6. The number of aromatic nitrogens is 1. The van der Waals surface area contributed by atoms with Crippen molar-refractivity contribution in [3.05, 3.63) is 47.3 Å². The van der Waals surface area contributed by atoms with E-state index in [4.69, 9.17) is 13.3 Å². The van der Waals surface area contributed by atoms with Gasteiger partial charge in [-0.15, -0.1) is 0 Å². The van der Waals surface area contributed by atoms with E-state index in [1.807, 2.05) is 45.2 Å². The Labute approximate surface area is 349 Å². The van der Waals surface area contributed by atoms with Gasteiger partial charge in [0.05, 0.1) is 24.0 Å². The molecule has 0 fully saturated rings. The number of carbonyl (C=O) groups excluding carboxylic acids is 1. The number of pyridine rings is 1. The van der Waals surface area contributed by atoms with Gasteiger partial charge in [-0.25, -0.2) is 0 Å². The third-order valence-electron chi connectivity index (χ3n) is 13.8. The second kappa shape index (κ2) is 20.9. The molecule has 0 saturated carbocycles. The zero-order valence-corrected chi connectivity index (χ0v) is 43.3. The van der Waals surface area contributed by atoms with Gasteiger partial charge in [0.2, 0.25) is 0 Å². The number of aliphatic hydroxyl groups is 1. The molecule has 1 heterocycles. The number of hydrogen-bond donors (Lipinski definition) is 1. The molecule has 0 radical (unpaired) electrons. The van der Waals surface area contributed by atoms with Crippen molar-refractivity contribution in [1.29, 1.82) is 0 Å². The summed E-state index contributed by atoms with van der Waals surface area (Å²) >= 11 is 0. The molecule has 56 heavy (non-hydrogen) atoms. The molecule has 324 valence electrons. The van der Waals surface area contributed by atoms with E-state index in [0.29, 0.717) is 19.4 Å². The predicted molar refractivity (Wildman–Crippen MR) is 250 cm³/mol. The van der Waals surface area contributed by atoms with E-state index in [0.717, 1.165) is 31.4 Å². The Bertz CT molecular complexity index is 1410. The summed E-state index contributed by atoms with van der Waals surface area (Å²) < 4.78 is 20.7. The van der Waals surface area contributed by atoms with Crippen molar-refractivity contribution < 1.29 is 23.2 Å². The molecule has 0 amide bonds. The zero-order chi connectivity index (χ0) is 43.7. The van der Waals surface area contributed by atoms with Gasteiger partial charge < -0.3 is 18.4 Å². The molecule has 1 aromatic heterocycles. The van der Waals surface area contributed by atoms with Crippen molar-refractivity contribution in [1.82, 2.24) is 4.98 Å². The van der Waals surface area contributed by atoms with E-state index in [9.17, 15) is 9.90 Å². The van der Waals surface area contributed by atoms with E-state index in [1.165, 1.54) is 11.1 Å². The summed E-state index contributed by atoms with van der Waals surface area (Å²) in [5.74, 6) is -0.355. The first-order valence-electron chi connectivity index (χ1n) is 21.7. The molecular weight excluding hydrogens is 743 g/mol. The monoisotopic (exact) mass is 832 g/mol. The molecule has 0 aliphatic rings. The highest BCUT2D eigenvalue weighted by Crippen LogP contribution is 2.43. The minimum absolute atomic E-state index is 0.00325. The van der Waals surface area contributed by atoms with Crippen molar-refractivity contribution in [3.63, 3.8) is 0 Å². The van der Waals surface area contributed by atoms with Gasteiger partial charge in [-0.3, -0.25) is 9.78 Å². The van der Waals surface area contributed by atoms with Crippen LogP contribution in [0.2, 0.25) is 54.4 Å². The molecule has 5 atom stereocenters. The Kier molecular flexibility index (Phi) is 19.7. The average molecular weight is 832 g/mol. The van der Waals surface area contributed by atoms with Gasteiger partial charge in [-0.05, 0) is 136 Å². The fourth-order valence-electron chi connectivity index (χ4n) is 6.28. The van der Waals surface area contributed by atoms with E-state index in [-0.39, 0.29) is 39.0 Å². The SMILES string of the molecule is CC[C@H](C(=O)C(C)(C)[C@H](CCO[Si](C)(C)C(C)(C)C)O[Si](C)(C)C(C)(C)C)[C@H](O)[C@@H](C)CCC/C(C)=C/C[C@H](O[Si](C)(C)C(C)(C)C)/C(C)=C/c1ccccn1. The summed E-state index contributed by atoms with van der Waals surface area (Å²) in [4.78, 5) is 19.1. The van der Waals surface area contributed by atoms with Gasteiger partial charge in [0, 0.05) is 24.1 Å². The highest BCUT2D eigenvalue weighted by molar-refractivity contribution is 6.75. The number of ketones is 1. The lowest BCUT2D eigenvalue weighted by molar-refractivity contribution is -0.142. The summed E-state index contributed by atoms with van der Waals surface area (Å²) in [6, 6.07) is 6.00. The molecule has 0 spiro atoms. The smallest absolute Gasteiger partial charge is 0.192 e. The topological polar surface area (TPSA) is 77.9 Å². The maximum atomic E-state index is 14.6. The van der Waals surface area contributed by atoms with Crippen molar-refractivity contribution in [3.8, 4) is 0 Å². The Morgan fingerprint density at radius 3 is 1.84 bits per heavy atom. The molecule has 6 nitrogen and oxygen atoms in total. The number of rotatable bonds is 22. The largest absolute Gasteiger partial charge is 0.417 e. The fraction of sp³-hybridized carbons (Fsp3) is 0.787. The molecule has 0 aromatic carbocycles. The minimum atomic E-state index is -2.21. The highest BCUT2D eigenvalue weighted by atomic mass is 28.4. The number of carbonyl (C=O) groups is 1. The fourth-order valence-corrected chi connectivity index (χ4v) is 10.2. The number of Topliss-reactive ketones (excluding diaryl/α,β-unsaturated/α-hetero) is 1. The van der Waals surface area contributed by atoms with Crippen LogP contribution in [0, 0.1) is 17.3 Å². The normalized spacial score (nSPS) is 17.4. The summed E-state index contributed by atoms with van der Waals surface area (Å²) in [7, 11) is -6.20. The van der Waals surface area contributed by atoms with Gasteiger partial charge in [0.15, 0.2) is 25.0 Å². The molecule has 0 aliphatic heterocycles. The van der Waals surface area contributed by atoms with E-state index >= 15 is 0 Å². The molecule has 1 aromatic rings. The van der Waals surface area contributed by atoms with Crippen molar-refractivity contribution >= 4 is 36.8 Å². The number of nitrogens with zero attached hydrogens (tertiary/aromatic N) is 1. The standard InChI is InChI=1S/C47H89NO5Si3/c1-22-39(43(50)47(14,15)41(53-56(20,21)46(11,12)13)31-33-51-54(16,17)44(5,6)7)42(49)36(3)27-25-26-35(2)29-30-40(52-55(18,19)45(8,9)10)37(4)34-38-28-23-24-32-48-38/h23-24,28-29,32,34,36,39-42,49H,22,25-27,30-31,33H2,1-21H3/b35-29+,37-34+/t36-,39-,40-,41-,42+/m0/s1. The van der Waals surface area contributed by atoms with E-state index < -0.39 is 42.4 Å². The van der Waals surface area contributed by atoms with Gasteiger partial charge in [0.1, 0.15) is 5.78 Å². The summed E-state index contributed by atoms with van der Waals surface area (Å²) in [5.41, 5.74) is 2.69.